The Balaban J connectivity index is 1.71. The van der Waals surface area contributed by atoms with Crippen LogP contribution in [0.25, 0.3) is 5.69 Å². The minimum Gasteiger partial charge on any atom is -0.497 e. The number of pyridine rings is 1. The Morgan fingerprint density at radius 2 is 1.75 bits per heavy atom. The third kappa shape index (κ3) is 4.07. The van der Waals surface area contributed by atoms with Crippen LogP contribution in [0, 0.1) is 19.7 Å². The lowest BCUT2D eigenvalue weighted by atomic mass is 9.96. The van der Waals surface area contributed by atoms with Gasteiger partial charge in [0.25, 0.3) is 0 Å². The summed E-state index contributed by atoms with van der Waals surface area (Å²) in [6.45, 7) is 4.12. The van der Waals surface area contributed by atoms with Crippen molar-refractivity contribution < 1.29 is 13.9 Å². The van der Waals surface area contributed by atoms with Gasteiger partial charge >= 0.3 is 0 Å². The number of nitrogens with zero attached hydrogens (tertiary/aromatic N) is 3. The van der Waals surface area contributed by atoms with Crippen molar-refractivity contribution in [2.75, 3.05) is 19.1 Å². The van der Waals surface area contributed by atoms with Gasteiger partial charge in [-0.3, -0.25) is 4.98 Å². The molecule has 2 aromatic carbocycles. The highest BCUT2D eigenvalue weighted by molar-refractivity contribution is 7.80. The van der Waals surface area contributed by atoms with E-state index in [4.69, 9.17) is 21.7 Å². The first kappa shape index (κ1) is 23.8. The summed E-state index contributed by atoms with van der Waals surface area (Å²) in [6.07, 6.45) is 1.79. The molecule has 184 valence electrons. The van der Waals surface area contributed by atoms with E-state index in [1.807, 2.05) is 43.3 Å². The highest BCUT2D eigenvalue weighted by Crippen LogP contribution is 2.47. The maximum absolute atomic E-state index is 13.6. The summed E-state index contributed by atoms with van der Waals surface area (Å²) in [6, 6.07) is 19.8. The molecule has 5 rings (SSSR count). The first-order valence-corrected chi connectivity index (χ1v) is 12.0. The topological polar surface area (TPSA) is 51.6 Å². The molecule has 4 aromatic rings. The third-order valence-electron chi connectivity index (χ3n) is 6.62. The molecule has 1 N–H and O–H groups in total. The largest absolute Gasteiger partial charge is 0.497 e. The van der Waals surface area contributed by atoms with Gasteiger partial charge in [-0.05, 0) is 86.2 Å². The second-order valence-electron chi connectivity index (χ2n) is 8.67. The summed E-state index contributed by atoms with van der Waals surface area (Å²) in [4.78, 5) is 6.73. The van der Waals surface area contributed by atoms with Crippen molar-refractivity contribution in [2.45, 2.75) is 25.9 Å². The summed E-state index contributed by atoms with van der Waals surface area (Å²) in [5, 5.41) is 4.06. The molecular formula is C28H27FN4O2S. The molecule has 0 saturated carbocycles. The number of benzene rings is 2. The minimum atomic E-state index is -0.265. The van der Waals surface area contributed by atoms with E-state index < -0.39 is 0 Å². The lowest BCUT2D eigenvalue weighted by molar-refractivity contribution is 0.403. The maximum atomic E-state index is 13.6. The van der Waals surface area contributed by atoms with Crippen molar-refractivity contribution in [1.82, 2.24) is 14.9 Å². The first-order chi connectivity index (χ1) is 17.4. The van der Waals surface area contributed by atoms with Crippen LogP contribution in [-0.4, -0.2) is 28.9 Å². The molecule has 1 aliphatic rings. The van der Waals surface area contributed by atoms with Crippen molar-refractivity contribution >= 4 is 23.0 Å². The van der Waals surface area contributed by atoms with Gasteiger partial charge in [0.1, 0.15) is 17.3 Å². The van der Waals surface area contributed by atoms with Crippen LogP contribution in [0.3, 0.4) is 0 Å². The van der Waals surface area contributed by atoms with Crippen molar-refractivity contribution in [1.29, 1.82) is 0 Å². The number of thiocarbonyl (C=S) groups is 1. The van der Waals surface area contributed by atoms with E-state index in [1.165, 1.54) is 12.1 Å². The SMILES string of the molecule is COc1ccc(OC)c(N2C(=S)N[C@H](c3ccccn3)[C@H]2c2cc(C)n(-c3ccc(F)cc3)c2C)c1. The van der Waals surface area contributed by atoms with Crippen molar-refractivity contribution in [2.24, 2.45) is 0 Å². The van der Waals surface area contributed by atoms with Crippen molar-refractivity contribution in [3.8, 4) is 17.2 Å². The number of ether oxygens (including phenoxy) is 2. The van der Waals surface area contributed by atoms with E-state index in [-0.39, 0.29) is 17.9 Å². The van der Waals surface area contributed by atoms with Crippen LogP contribution in [0.5, 0.6) is 11.5 Å². The average molecular weight is 503 g/mol. The highest BCUT2D eigenvalue weighted by Gasteiger charge is 2.43. The van der Waals surface area contributed by atoms with Gasteiger partial charge in [-0.2, -0.15) is 0 Å². The van der Waals surface area contributed by atoms with E-state index in [1.54, 1.807) is 32.5 Å². The lowest BCUT2D eigenvalue weighted by Gasteiger charge is -2.29. The first-order valence-electron chi connectivity index (χ1n) is 11.6. The zero-order valence-electron chi connectivity index (χ0n) is 20.5. The second kappa shape index (κ2) is 9.62. The number of halogens is 1. The highest BCUT2D eigenvalue weighted by atomic mass is 32.1. The minimum absolute atomic E-state index is 0.211. The molecule has 3 heterocycles. The fourth-order valence-corrected chi connectivity index (χ4v) is 5.33. The van der Waals surface area contributed by atoms with Gasteiger partial charge in [-0.1, -0.05) is 6.07 Å². The van der Waals surface area contributed by atoms with E-state index >= 15 is 0 Å². The van der Waals surface area contributed by atoms with Gasteiger partial charge in [0.2, 0.25) is 0 Å². The standard InChI is InChI=1S/C28H27FN4O2S/c1-17-15-22(18(2)32(17)20-10-8-19(29)9-11-20)27-26(23-7-5-6-14-30-23)31-28(36)33(27)24-16-21(34-3)12-13-25(24)35-4/h5-16,26-27H,1-4H3,(H,31,36)/t26-,27-/m1/s1. The number of hydrogen-bond donors (Lipinski definition) is 1. The normalized spacial score (nSPS) is 17.2. The average Bonchev–Trinajstić information content (AvgIpc) is 3.39. The van der Waals surface area contributed by atoms with Crippen LogP contribution in [0.4, 0.5) is 10.1 Å². The maximum Gasteiger partial charge on any atom is 0.174 e. The molecule has 0 amide bonds. The number of methoxy groups -OCH3 is 2. The predicted octanol–water partition coefficient (Wildman–Crippen LogP) is 5.82. The number of hydrogen-bond acceptors (Lipinski definition) is 4. The molecule has 0 spiro atoms. The fourth-order valence-electron chi connectivity index (χ4n) is 4.99. The van der Waals surface area contributed by atoms with Gasteiger partial charge in [0, 0.05) is 29.3 Å². The molecule has 0 bridgehead atoms. The van der Waals surface area contributed by atoms with Crippen molar-refractivity contribution in [3.63, 3.8) is 0 Å². The number of rotatable bonds is 6. The summed E-state index contributed by atoms with van der Waals surface area (Å²) >= 11 is 5.90. The number of aromatic nitrogens is 2. The third-order valence-corrected chi connectivity index (χ3v) is 6.93. The summed E-state index contributed by atoms with van der Waals surface area (Å²) in [5.41, 5.74) is 5.70. The quantitative estimate of drug-likeness (QED) is 0.335. The van der Waals surface area contributed by atoms with Crippen LogP contribution in [0.15, 0.2) is 72.9 Å². The van der Waals surface area contributed by atoms with E-state index in [9.17, 15) is 4.39 Å². The Bertz CT molecular complexity index is 1410. The van der Waals surface area contributed by atoms with Gasteiger partial charge < -0.3 is 24.3 Å². The van der Waals surface area contributed by atoms with E-state index in [2.05, 4.69) is 32.8 Å². The fraction of sp³-hybridized carbons (Fsp3) is 0.214. The summed E-state index contributed by atoms with van der Waals surface area (Å²) in [7, 11) is 3.28. The zero-order chi connectivity index (χ0) is 25.4. The molecule has 1 aliphatic heterocycles. The number of aryl methyl sites for hydroxylation is 1. The molecule has 6 nitrogen and oxygen atoms in total. The Labute approximate surface area is 215 Å². The Hall–Kier alpha value is -3.91. The van der Waals surface area contributed by atoms with Crippen LogP contribution in [0.1, 0.15) is 34.7 Å². The van der Waals surface area contributed by atoms with Crippen molar-refractivity contribution in [3.05, 3.63) is 101 Å². The summed E-state index contributed by atoms with van der Waals surface area (Å²) < 4.78 is 27.0. The Morgan fingerprint density at radius 3 is 2.42 bits per heavy atom. The van der Waals surface area contributed by atoms with Crippen LogP contribution < -0.4 is 19.7 Å². The van der Waals surface area contributed by atoms with Crippen LogP contribution in [-0.2, 0) is 0 Å². The van der Waals surface area contributed by atoms with Gasteiger partial charge in [-0.25, -0.2) is 4.39 Å². The second-order valence-corrected chi connectivity index (χ2v) is 9.06. The molecule has 2 atom stereocenters. The number of anilines is 1. The molecule has 8 heteroatoms. The van der Waals surface area contributed by atoms with Gasteiger partial charge in [0.05, 0.1) is 37.7 Å². The summed E-state index contributed by atoms with van der Waals surface area (Å²) in [5.74, 6) is 1.11. The van der Waals surface area contributed by atoms with Gasteiger partial charge in [-0.15, -0.1) is 0 Å². The monoisotopic (exact) mass is 502 g/mol. The molecular weight excluding hydrogens is 475 g/mol. The number of nitrogens with one attached hydrogen (secondary N) is 1. The molecule has 0 unspecified atom stereocenters. The Morgan fingerprint density at radius 1 is 0.972 bits per heavy atom. The predicted molar refractivity (Wildman–Crippen MR) is 143 cm³/mol. The zero-order valence-corrected chi connectivity index (χ0v) is 21.3. The molecule has 0 aliphatic carbocycles. The lowest BCUT2D eigenvalue weighted by Crippen LogP contribution is -2.30. The molecule has 2 aromatic heterocycles. The Kier molecular flexibility index (Phi) is 6.36. The smallest absolute Gasteiger partial charge is 0.174 e. The van der Waals surface area contributed by atoms with E-state index in [0.29, 0.717) is 16.6 Å². The molecule has 36 heavy (non-hydrogen) atoms. The van der Waals surface area contributed by atoms with E-state index in [0.717, 1.165) is 34.0 Å². The molecule has 1 fully saturated rings. The van der Waals surface area contributed by atoms with Gasteiger partial charge in [0.15, 0.2) is 5.11 Å². The van der Waals surface area contributed by atoms with Crippen LogP contribution >= 0.6 is 12.2 Å². The van der Waals surface area contributed by atoms with Crippen LogP contribution in [0.2, 0.25) is 0 Å². The molecule has 0 radical (unpaired) electrons. The molecule has 1 saturated heterocycles.